The lowest BCUT2D eigenvalue weighted by Gasteiger charge is -2.29. The van der Waals surface area contributed by atoms with Crippen LogP contribution in [0.4, 0.5) is 0 Å². The molecule has 1 aliphatic carbocycles. The van der Waals surface area contributed by atoms with E-state index in [1.807, 2.05) is 0 Å². The van der Waals surface area contributed by atoms with Crippen LogP contribution >= 0.6 is 0 Å². The molecule has 2 atom stereocenters. The molecule has 1 aromatic heterocycles. The summed E-state index contributed by atoms with van der Waals surface area (Å²) in [5.41, 5.74) is 0.409. The van der Waals surface area contributed by atoms with Crippen molar-refractivity contribution in [2.24, 2.45) is 5.92 Å². The van der Waals surface area contributed by atoms with Gasteiger partial charge in [-0.1, -0.05) is 19.3 Å². The van der Waals surface area contributed by atoms with Crippen molar-refractivity contribution >= 4 is 17.8 Å². The van der Waals surface area contributed by atoms with Crippen LogP contribution in [0.1, 0.15) is 53.0 Å². The first-order valence-corrected chi connectivity index (χ1v) is 7.17. The van der Waals surface area contributed by atoms with Crippen LogP contribution < -0.4 is 0 Å². The van der Waals surface area contributed by atoms with Gasteiger partial charge in [0.15, 0.2) is 0 Å². The number of carboxylic acid groups (broad SMARTS) is 1. The maximum atomic E-state index is 12.5. The van der Waals surface area contributed by atoms with Gasteiger partial charge in [-0.2, -0.15) is 0 Å². The number of aromatic nitrogens is 1. The third-order valence-corrected chi connectivity index (χ3v) is 4.31. The van der Waals surface area contributed by atoms with Crippen molar-refractivity contribution in [1.82, 2.24) is 9.88 Å². The summed E-state index contributed by atoms with van der Waals surface area (Å²) in [5, 5.41) is 9.42. The minimum atomic E-state index is -0.939. The molecule has 0 radical (unpaired) electrons. The van der Waals surface area contributed by atoms with Crippen LogP contribution in [0.25, 0.3) is 0 Å². The number of amides is 2. The molecule has 110 valence electrons. The number of aliphatic carboxylic acids is 1. The van der Waals surface area contributed by atoms with Crippen LogP contribution in [0.15, 0.2) is 18.3 Å². The summed E-state index contributed by atoms with van der Waals surface area (Å²) < 4.78 is 0. The summed E-state index contributed by atoms with van der Waals surface area (Å²) in [6.07, 6.45) is 5.09. The maximum absolute atomic E-state index is 12.5. The Morgan fingerprint density at radius 3 is 2.67 bits per heavy atom. The van der Waals surface area contributed by atoms with Gasteiger partial charge in [-0.25, -0.2) is 0 Å². The Morgan fingerprint density at radius 1 is 1.19 bits per heavy atom. The van der Waals surface area contributed by atoms with E-state index in [2.05, 4.69) is 4.98 Å². The van der Waals surface area contributed by atoms with Crippen molar-refractivity contribution in [2.45, 2.75) is 38.1 Å². The normalized spacial score (nSPS) is 25.6. The number of pyridine rings is 1. The Morgan fingerprint density at radius 2 is 1.95 bits per heavy atom. The smallest absolute Gasteiger partial charge is 0.308 e. The highest BCUT2D eigenvalue weighted by Gasteiger charge is 2.45. The third-order valence-electron chi connectivity index (χ3n) is 4.31. The molecular formula is C15H16N2O4. The van der Waals surface area contributed by atoms with Gasteiger partial charge in [0.05, 0.1) is 17.5 Å². The van der Waals surface area contributed by atoms with E-state index in [-0.39, 0.29) is 11.3 Å². The number of rotatable bonds is 2. The molecule has 21 heavy (non-hydrogen) atoms. The van der Waals surface area contributed by atoms with E-state index in [0.29, 0.717) is 12.8 Å². The Balaban J connectivity index is 1.98. The Hall–Kier alpha value is -2.24. The van der Waals surface area contributed by atoms with Gasteiger partial charge in [-0.05, 0) is 25.0 Å². The van der Waals surface area contributed by atoms with E-state index in [0.717, 1.165) is 24.2 Å². The van der Waals surface area contributed by atoms with Crippen LogP contribution in [-0.4, -0.2) is 38.8 Å². The molecule has 2 amide bonds. The third kappa shape index (κ3) is 2.20. The number of carboxylic acids is 1. The number of imide groups is 1. The molecule has 6 nitrogen and oxygen atoms in total. The first-order valence-electron chi connectivity index (χ1n) is 7.17. The fourth-order valence-corrected chi connectivity index (χ4v) is 3.27. The quantitative estimate of drug-likeness (QED) is 0.661. The van der Waals surface area contributed by atoms with Crippen molar-refractivity contribution < 1.29 is 19.5 Å². The monoisotopic (exact) mass is 288 g/mol. The molecule has 0 aromatic carbocycles. The molecule has 1 aliphatic heterocycles. The molecule has 2 unspecified atom stereocenters. The lowest BCUT2D eigenvalue weighted by molar-refractivity contribution is -0.143. The van der Waals surface area contributed by atoms with Crippen molar-refractivity contribution in [3.8, 4) is 0 Å². The Bertz CT molecular complexity index is 578. The molecule has 1 saturated carbocycles. The number of carbonyl (C=O) groups is 3. The van der Waals surface area contributed by atoms with E-state index >= 15 is 0 Å². The molecule has 1 aromatic rings. The second-order valence-corrected chi connectivity index (χ2v) is 5.53. The fraction of sp³-hybridized carbons (Fsp3) is 0.467. The van der Waals surface area contributed by atoms with Crippen molar-refractivity contribution in [3.63, 3.8) is 0 Å². The highest BCUT2D eigenvalue weighted by Crippen LogP contribution is 2.32. The van der Waals surface area contributed by atoms with Crippen molar-refractivity contribution in [1.29, 1.82) is 0 Å². The van der Waals surface area contributed by atoms with Gasteiger partial charge in [-0.15, -0.1) is 0 Å². The summed E-state index contributed by atoms with van der Waals surface area (Å²) in [6, 6.07) is 2.60. The van der Waals surface area contributed by atoms with Gasteiger partial charge in [0.1, 0.15) is 5.69 Å². The zero-order chi connectivity index (χ0) is 15.0. The summed E-state index contributed by atoms with van der Waals surface area (Å²) in [4.78, 5) is 41.5. The van der Waals surface area contributed by atoms with Crippen LogP contribution in [0.3, 0.4) is 0 Å². The van der Waals surface area contributed by atoms with E-state index in [1.165, 1.54) is 6.20 Å². The molecule has 2 aliphatic rings. The largest absolute Gasteiger partial charge is 0.481 e. The second kappa shape index (κ2) is 5.27. The Labute approximate surface area is 121 Å². The maximum Gasteiger partial charge on any atom is 0.308 e. The van der Waals surface area contributed by atoms with Crippen molar-refractivity contribution in [2.75, 3.05) is 0 Å². The van der Waals surface area contributed by atoms with E-state index in [1.54, 1.807) is 12.1 Å². The zero-order valence-electron chi connectivity index (χ0n) is 11.5. The van der Waals surface area contributed by atoms with E-state index < -0.39 is 29.7 Å². The van der Waals surface area contributed by atoms with Gasteiger partial charge in [0.2, 0.25) is 0 Å². The lowest BCUT2D eigenvalue weighted by Crippen LogP contribution is -2.46. The van der Waals surface area contributed by atoms with Crippen LogP contribution in [0.5, 0.6) is 0 Å². The summed E-state index contributed by atoms with van der Waals surface area (Å²) >= 11 is 0. The van der Waals surface area contributed by atoms with Crippen LogP contribution in [0, 0.1) is 5.92 Å². The van der Waals surface area contributed by atoms with Gasteiger partial charge in [0, 0.05) is 6.20 Å². The molecule has 3 rings (SSSR count). The fourth-order valence-electron chi connectivity index (χ4n) is 3.27. The number of hydrogen-bond acceptors (Lipinski definition) is 4. The topological polar surface area (TPSA) is 87.6 Å². The number of carbonyl (C=O) groups excluding carboxylic acids is 2. The first-order chi connectivity index (χ1) is 10.1. The minimum Gasteiger partial charge on any atom is -0.481 e. The molecule has 1 fully saturated rings. The summed E-state index contributed by atoms with van der Waals surface area (Å²) in [5.74, 6) is -2.50. The lowest BCUT2D eigenvalue weighted by atomic mass is 9.93. The Kier molecular flexibility index (Phi) is 3.45. The predicted octanol–water partition coefficient (Wildman–Crippen LogP) is 1.71. The molecule has 6 heteroatoms. The first kappa shape index (κ1) is 13.7. The second-order valence-electron chi connectivity index (χ2n) is 5.53. The molecule has 0 saturated heterocycles. The average Bonchev–Trinajstić information content (AvgIpc) is 2.66. The molecular weight excluding hydrogens is 272 g/mol. The van der Waals surface area contributed by atoms with Gasteiger partial charge in [-0.3, -0.25) is 24.3 Å². The van der Waals surface area contributed by atoms with E-state index in [9.17, 15) is 19.5 Å². The number of nitrogens with zero attached hydrogens (tertiary/aromatic N) is 2. The summed E-state index contributed by atoms with van der Waals surface area (Å²) in [6.45, 7) is 0. The van der Waals surface area contributed by atoms with Gasteiger partial charge >= 0.3 is 5.97 Å². The van der Waals surface area contributed by atoms with Gasteiger partial charge < -0.3 is 5.11 Å². The summed E-state index contributed by atoms with van der Waals surface area (Å²) in [7, 11) is 0. The average molecular weight is 288 g/mol. The number of fused-ring (bicyclic) bond motifs is 1. The van der Waals surface area contributed by atoms with Crippen LogP contribution in [0.2, 0.25) is 0 Å². The zero-order valence-corrected chi connectivity index (χ0v) is 11.5. The van der Waals surface area contributed by atoms with Crippen molar-refractivity contribution in [3.05, 3.63) is 29.6 Å². The standard InChI is InChI=1S/C15H16N2O4/c18-13-10-6-4-8-16-12(10)14(19)17(13)11-7-3-1-2-5-9(11)15(20)21/h4,6,8-9,11H,1-3,5,7H2,(H,20,21). The predicted molar refractivity (Wildman–Crippen MR) is 72.7 cm³/mol. The van der Waals surface area contributed by atoms with E-state index in [4.69, 9.17) is 0 Å². The SMILES string of the molecule is O=C(O)C1CCCCCC1N1C(=O)c2cccnc2C1=O. The van der Waals surface area contributed by atoms with Crippen LogP contribution in [-0.2, 0) is 4.79 Å². The molecule has 1 N–H and O–H groups in total. The minimum absolute atomic E-state index is 0.135. The highest BCUT2D eigenvalue weighted by molar-refractivity contribution is 6.20. The molecule has 2 heterocycles. The van der Waals surface area contributed by atoms with Gasteiger partial charge in [0.25, 0.3) is 11.8 Å². The highest BCUT2D eigenvalue weighted by atomic mass is 16.4. The number of hydrogen-bond donors (Lipinski definition) is 1. The molecule has 0 spiro atoms. The molecule has 0 bridgehead atoms.